The monoisotopic (exact) mass is 631 g/mol. The topological polar surface area (TPSA) is 87.3 Å². The molecule has 4 rings (SSSR count). The van der Waals surface area contributed by atoms with Crippen molar-refractivity contribution in [3.05, 3.63) is 92.4 Å². The maximum absolute atomic E-state index is 13.7. The minimum atomic E-state index is -2.76. The molecule has 0 heterocycles. The fourth-order valence-electron chi connectivity index (χ4n) is 4.30. The maximum Gasteiger partial charge on any atom is 0.257 e. The SMILES string of the molecule is CC(C)(C)C(=O)NCc1ccc(Cl)c(C(=O)Nc2ccc(C3CC(F)(F)C3)c(C(=O)Nc3ccc(Br)cc3)c2)c1. The van der Waals surface area contributed by atoms with E-state index in [-0.39, 0.29) is 41.4 Å². The van der Waals surface area contributed by atoms with E-state index >= 15 is 0 Å². The Bertz CT molecular complexity index is 1450. The van der Waals surface area contributed by atoms with E-state index in [1.165, 1.54) is 6.07 Å². The summed E-state index contributed by atoms with van der Waals surface area (Å²) in [5.41, 5.74) is 1.85. The van der Waals surface area contributed by atoms with Crippen LogP contribution < -0.4 is 16.0 Å². The first-order valence-electron chi connectivity index (χ1n) is 12.7. The van der Waals surface area contributed by atoms with E-state index in [0.29, 0.717) is 22.5 Å². The van der Waals surface area contributed by atoms with Crippen molar-refractivity contribution in [3.63, 3.8) is 0 Å². The zero-order chi connectivity index (χ0) is 29.2. The Morgan fingerprint density at radius 1 is 0.900 bits per heavy atom. The molecule has 0 bridgehead atoms. The molecule has 1 aliphatic rings. The van der Waals surface area contributed by atoms with Crippen LogP contribution in [-0.2, 0) is 11.3 Å². The van der Waals surface area contributed by atoms with Crippen molar-refractivity contribution < 1.29 is 23.2 Å². The minimum Gasteiger partial charge on any atom is -0.352 e. The van der Waals surface area contributed by atoms with Crippen LogP contribution in [0.5, 0.6) is 0 Å². The molecule has 3 N–H and O–H groups in total. The lowest BCUT2D eigenvalue weighted by Crippen LogP contribution is -2.34. The van der Waals surface area contributed by atoms with E-state index in [0.717, 1.165) is 4.47 Å². The predicted molar refractivity (Wildman–Crippen MR) is 156 cm³/mol. The minimum absolute atomic E-state index is 0.133. The van der Waals surface area contributed by atoms with Crippen molar-refractivity contribution in [2.75, 3.05) is 10.6 Å². The molecule has 0 saturated heterocycles. The van der Waals surface area contributed by atoms with Crippen LogP contribution in [0.4, 0.5) is 20.2 Å². The molecule has 0 atom stereocenters. The van der Waals surface area contributed by atoms with E-state index < -0.39 is 29.1 Å². The summed E-state index contributed by atoms with van der Waals surface area (Å²) in [6.45, 7) is 5.63. The number of carbonyl (C=O) groups is 3. The molecule has 10 heteroatoms. The summed E-state index contributed by atoms with van der Waals surface area (Å²) in [5.74, 6) is -4.36. The van der Waals surface area contributed by atoms with E-state index in [9.17, 15) is 23.2 Å². The fraction of sp³-hybridized carbons (Fsp3) is 0.300. The number of carbonyl (C=O) groups excluding carboxylic acids is 3. The van der Waals surface area contributed by atoms with Gasteiger partial charge in [0.25, 0.3) is 11.8 Å². The Kier molecular flexibility index (Phi) is 8.66. The largest absolute Gasteiger partial charge is 0.352 e. The van der Waals surface area contributed by atoms with Crippen LogP contribution in [0.1, 0.15) is 71.4 Å². The van der Waals surface area contributed by atoms with Crippen molar-refractivity contribution in [2.45, 2.75) is 52.0 Å². The standard InChI is InChI=1S/C30H29BrClF2N3O3/c1-29(2,3)28(40)35-16-17-4-11-25(32)24(12-17)27(39)37-21-9-10-22(18-14-30(33,34)15-18)23(13-21)26(38)36-20-7-5-19(31)6-8-20/h4-13,18H,14-16H2,1-3H3,(H,35,40)(H,36,38)(H,37,39). The van der Waals surface area contributed by atoms with Crippen molar-refractivity contribution in [1.82, 2.24) is 5.32 Å². The van der Waals surface area contributed by atoms with Gasteiger partial charge in [0.2, 0.25) is 11.8 Å². The number of nitrogens with one attached hydrogen (secondary N) is 3. The first-order chi connectivity index (χ1) is 18.7. The zero-order valence-corrected chi connectivity index (χ0v) is 24.6. The molecule has 0 radical (unpaired) electrons. The van der Waals surface area contributed by atoms with E-state index in [1.807, 2.05) is 0 Å². The maximum atomic E-state index is 13.7. The molecule has 3 amide bonds. The quantitative estimate of drug-likeness (QED) is 0.249. The van der Waals surface area contributed by atoms with E-state index in [1.54, 1.807) is 75.4 Å². The van der Waals surface area contributed by atoms with Gasteiger partial charge >= 0.3 is 0 Å². The zero-order valence-electron chi connectivity index (χ0n) is 22.2. The lowest BCUT2D eigenvalue weighted by molar-refractivity contribution is -0.128. The van der Waals surface area contributed by atoms with Crippen LogP contribution >= 0.6 is 27.5 Å². The Morgan fingerprint density at radius 3 is 2.12 bits per heavy atom. The Morgan fingerprint density at radius 2 is 1.50 bits per heavy atom. The van der Waals surface area contributed by atoms with Gasteiger partial charge in [-0.3, -0.25) is 14.4 Å². The van der Waals surface area contributed by atoms with Crippen molar-refractivity contribution in [2.24, 2.45) is 5.41 Å². The second-order valence-corrected chi connectivity index (χ2v) is 12.2. The Balaban J connectivity index is 1.56. The molecule has 40 heavy (non-hydrogen) atoms. The average molecular weight is 633 g/mol. The summed E-state index contributed by atoms with van der Waals surface area (Å²) in [7, 11) is 0. The highest BCUT2D eigenvalue weighted by Crippen LogP contribution is 2.49. The molecule has 0 unspecified atom stereocenters. The molecule has 0 spiro atoms. The molecule has 0 aromatic heterocycles. The summed E-state index contributed by atoms with van der Waals surface area (Å²) in [6, 6.07) is 16.5. The van der Waals surface area contributed by atoms with E-state index in [4.69, 9.17) is 11.6 Å². The molecule has 1 saturated carbocycles. The molecule has 210 valence electrons. The van der Waals surface area contributed by atoms with Crippen LogP contribution in [0.25, 0.3) is 0 Å². The second-order valence-electron chi connectivity index (χ2n) is 10.9. The van der Waals surface area contributed by atoms with E-state index in [2.05, 4.69) is 31.9 Å². The van der Waals surface area contributed by atoms with Crippen molar-refractivity contribution in [1.29, 1.82) is 0 Å². The van der Waals surface area contributed by atoms with Crippen molar-refractivity contribution >= 4 is 56.6 Å². The first-order valence-corrected chi connectivity index (χ1v) is 13.9. The van der Waals surface area contributed by atoms with Gasteiger partial charge in [0.15, 0.2) is 0 Å². The number of rotatable bonds is 7. The van der Waals surface area contributed by atoms with Gasteiger partial charge in [0.05, 0.1) is 10.6 Å². The first kappa shape index (κ1) is 29.7. The molecular formula is C30H29BrClF2N3O3. The number of alkyl halides is 2. The number of hydrogen-bond acceptors (Lipinski definition) is 3. The van der Waals surface area contributed by atoms with Gasteiger partial charge < -0.3 is 16.0 Å². The normalized spacial score (nSPS) is 14.7. The van der Waals surface area contributed by atoms with Crippen LogP contribution in [0.15, 0.2) is 65.1 Å². The van der Waals surface area contributed by atoms with Gasteiger partial charge in [-0.25, -0.2) is 8.78 Å². The number of halogens is 4. The third kappa shape index (κ3) is 7.26. The van der Waals surface area contributed by atoms with Gasteiger partial charge in [-0.15, -0.1) is 0 Å². The third-order valence-electron chi connectivity index (χ3n) is 6.60. The highest BCUT2D eigenvalue weighted by atomic mass is 79.9. The number of benzene rings is 3. The van der Waals surface area contributed by atoms with Gasteiger partial charge in [-0.05, 0) is 65.6 Å². The van der Waals surface area contributed by atoms with Gasteiger partial charge in [0, 0.05) is 46.2 Å². The molecule has 1 aliphatic carbocycles. The number of hydrogen-bond donors (Lipinski definition) is 3. The summed E-state index contributed by atoms with van der Waals surface area (Å²) >= 11 is 9.66. The number of amides is 3. The fourth-order valence-corrected chi connectivity index (χ4v) is 4.77. The molecule has 1 fully saturated rings. The molecule has 6 nitrogen and oxygen atoms in total. The van der Waals surface area contributed by atoms with Gasteiger partial charge in [-0.1, -0.05) is 60.4 Å². The lowest BCUT2D eigenvalue weighted by Gasteiger charge is -2.36. The van der Waals surface area contributed by atoms with Crippen LogP contribution in [0, 0.1) is 5.41 Å². The molecule has 3 aromatic rings. The Hall–Kier alpha value is -3.30. The number of anilines is 2. The van der Waals surface area contributed by atoms with Crippen LogP contribution in [0.2, 0.25) is 5.02 Å². The van der Waals surface area contributed by atoms with Crippen LogP contribution in [-0.4, -0.2) is 23.6 Å². The van der Waals surface area contributed by atoms with Crippen LogP contribution in [0.3, 0.4) is 0 Å². The lowest BCUT2D eigenvalue weighted by atomic mass is 9.75. The Labute approximate surface area is 245 Å². The summed E-state index contributed by atoms with van der Waals surface area (Å²) in [5, 5.41) is 8.60. The third-order valence-corrected chi connectivity index (χ3v) is 7.46. The highest BCUT2D eigenvalue weighted by molar-refractivity contribution is 9.10. The second kappa shape index (κ2) is 11.7. The molecular weight excluding hydrogens is 604 g/mol. The summed E-state index contributed by atoms with van der Waals surface area (Å²) in [4.78, 5) is 38.7. The summed E-state index contributed by atoms with van der Waals surface area (Å²) in [6.07, 6.45) is -0.684. The predicted octanol–water partition coefficient (Wildman–Crippen LogP) is 7.78. The molecule has 0 aliphatic heterocycles. The smallest absolute Gasteiger partial charge is 0.257 e. The van der Waals surface area contributed by atoms with Gasteiger partial charge in [0.1, 0.15) is 0 Å². The molecule has 3 aromatic carbocycles. The summed E-state index contributed by atoms with van der Waals surface area (Å²) < 4.78 is 28.2. The van der Waals surface area contributed by atoms with Crippen molar-refractivity contribution in [3.8, 4) is 0 Å². The average Bonchev–Trinajstić information content (AvgIpc) is 2.87. The van der Waals surface area contributed by atoms with Gasteiger partial charge in [-0.2, -0.15) is 0 Å². The highest BCUT2D eigenvalue weighted by Gasteiger charge is 2.46.